The first-order valence-corrected chi connectivity index (χ1v) is 7.68. The Kier molecular flexibility index (Phi) is 3.23. The van der Waals surface area contributed by atoms with Crippen molar-refractivity contribution in [2.45, 2.75) is 58.4 Å². The summed E-state index contributed by atoms with van der Waals surface area (Å²) < 4.78 is 0. The van der Waals surface area contributed by atoms with Gasteiger partial charge in [-0.25, -0.2) is 4.98 Å². The average molecular weight is 271 g/mol. The predicted molar refractivity (Wildman–Crippen MR) is 85.2 cm³/mol. The van der Waals surface area contributed by atoms with Crippen LogP contribution in [0.1, 0.15) is 52.8 Å². The number of anilines is 1. The quantitative estimate of drug-likeness (QED) is 0.862. The molecule has 0 radical (unpaired) electrons. The molecule has 2 aromatic rings. The van der Waals surface area contributed by atoms with Gasteiger partial charge in [0.1, 0.15) is 5.82 Å². The minimum atomic E-state index is 0.0614. The zero-order valence-corrected chi connectivity index (χ0v) is 13.0. The van der Waals surface area contributed by atoms with E-state index in [2.05, 4.69) is 61.2 Å². The Morgan fingerprint density at radius 3 is 2.75 bits per heavy atom. The Labute approximate surface area is 121 Å². The van der Waals surface area contributed by atoms with Crippen LogP contribution in [0.15, 0.2) is 18.2 Å². The lowest BCUT2D eigenvalue weighted by atomic mass is 9.96. The molecule has 1 aliphatic rings. The SMILES string of the molecule is CC(CC1CC1)Nc1ccc2nc(C(C)(C)C)[nH]c2c1. The minimum absolute atomic E-state index is 0.0614. The van der Waals surface area contributed by atoms with Gasteiger partial charge in [-0.1, -0.05) is 33.6 Å². The van der Waals surface area contributed by atoms with Crippen molar-refractivity contribution in [2.75, 3.05) is 5.32 Å². The van der Waals surface area contributed by atoms with Crippen molar-refractivity contribution in [2.24, 2.45) is 5.92 Å². The Morgan fingerprint density at radius 1 is 1.35 bits per heavy atom. The average Bonchev–Trinajstić information content (AvgIpc) is 3.04. The summed E-state index contributed by atoms with van der Waals surface area (Å²) >= 11 is 0. The van der Waals surface area contributed by atoms with Gasteiger partial charge in [-0.2, -0.15) is 0 Å². The third-order valence-electron chi connectivity index (χ3n) is 3.99. The summed E-state index contributed by atoms with van der Waals surface area (Å²) in [4.78, 5) is 8.13. The lowest BCUT2D eigenvalue weighted by Gasteiger charge is -2.14. The molecule has 0 amide bonds. The second kappa shape index (κ2) is 4.80. The highest BCUT2D eigenvalue weighted by Crippen LogP contribution is 2.34. The van der Waals surface area contributed by atoms with E-state index in [0.717, 1.165) is 22.8 Å². The first kappa shape index (κ1) is 13.5. The topological polar surface area (TPSA) is 40.7 Å². The zero-order valence-electron chi connectivity index (χ0n) is 13.0. The zero-order chi connectivity index (χ0) is 14.3. The van der Waals surface area contributed by atoms with Crippen molar-refractivity contribution in [3.63, 3.8) is 0 Å². The van der Waals surface area contributed by atoms with E-state index < -0.39 is 0 Å². The third-order valence-corrected chi connectivity index (χ3v) is 3.99. The first-order chi connectivity index (χ1) is 9.41. The molecule has 1 atom stereocenters. The first-order valence-electron chi connectivity index (χ1n) is 7.68. The number of aromatic amines is 1. The minimum Gasteiger partial charge on any atom is -0.383 e. The highest BCUT2D eigenvalue weighted by Gasteiger charge is 2.23. The van der Waals surface area contributed by atoms with Crippen LogP contribution in [0.4, 0.5) is 5.69 Å². The molecular formula is C17H25N3. The fourth-order valence-electron chi connectivity index (χ4n) is 2.65. The van der Waals surface area contributed by atoms with Crippen LogP contribution < -0.4 is 5.32 Å². The molecule has 1 aromatic heterocycles. The molecule has 1 heterocycles. The van der Waals surface area contributed by atoms with Gasteiger partial charge in [0.05, 0.1) is 11.0 Å². The van der Waals surface area contributed by atoms with Crippen molar-refractivity contribution >= 4 is 16.7 Å². The predicted octanol–water partition coefficient (Wildman–Crippen LogP) is 4.46. The molecule has 1 saturated carbocycles. The van der Waals surface area contributed by atoms with Crippen LogP contribution in [0.5, 0.6) is 0 Å². The van der Waals surface area contributed by atoms with Crippen LogP contribution in [0.2, 0.25) is 0 Å². The normalized spacial score (nSPS) is 17.4. The van der Waals surface area contributed by atoms with E-state index in [1.54, 1.807) is 0 Å². The van der Waals surface area contributed by atoms with Gasteiger partial charge < -0.3 is 10.3 Å². The van der Waals surface area contributed by atoms with Gasteiger partial charge in [0, 0.05) is 17.1 Å². The van der Waals surface area contributed by atoms with Crippen LogP contribution in [-0.2, 0) is 5.41 Å². The van der Waals surface area contributed by atoms with Crippen LogP contribution in [0.25, 0.3) is 11.0 Å². The van der Waals surface area contributed by atoms with E-state index in [9.17, 15) is 0 Å². The number of nitrogens with zero attached hydrogens (tertiary/aromatic N) is 1. The summed E-state index contributed by atoms with van der Waals surface area (Å²) in [6.07, 6.45) is 4.12. The Balaban J connectivity index is 1.78. The molecule has 0 aliphatic heterocycles. The van der Waals surface area contributed by atoms with Gasteiger partial charge >= 0.3 is 0 Å². The second-order valence-corrected chi connectivity index (χ2v) is 7.29. The molecule has 3 heteroatoms. The van der Waals surface area contributed by atoms with Crippen LogP contribution in [0, 0.1) is 5.92 Å². The number of H-pyrrole nitrogens is 1. The van der Waals surface area contributed by atoms with Gasteiger partial charge in [-0.15, -0.1) is 0 Å². The number of hydrogen-bond donors (Lipinski definition) is 2. The molecule has 2 N–H and O–H groups in total. The monoisotopic (exact) mass is 271 g/mol. The smallest absolute Gasteiger partial charge is 0.112 e. The molecule has 1 unspecified atom stereocenters. The van der Waals surface area contributed by atoms with E-state index in [1.807, 2.05) is 0 Å². The molecule has 0 spiro atoms. The third kappa shape index (κ3) is 2.97. The molecule has 0 saturated heterocycles. The molecule has 1 aliphatic carbocycles. The van der Waals surface area contributed by atoms with Gasteiger partial charge in [0.15, 0.2) is 0 Å². The summed E-state index contributed by atoms with van der Waals surface area (Å²) in [5.41, 5.74) is 3.43. The van der Waals surface area contributed by atoms with E-state index >= 15 is 0 Å². The standard InChI is InChI=1S/C17H25N3/c1-11(9-12-5-6-12)18-13-7-8-14-15(10-13)20-16(19-14)17(2,3)4/h7-8,10-12,18H,5-6,9H2,1-4H3,(H,19,20). The summed E-state index contributed by atoms with van der Waals surface area (Å²) in [5.74, 6) is 2.01. The Morgan fingerprint density at radius 2 is 2.10 bits per heavy atom. The van der Waals surface area contributed by atoms with Gasteiger partial charge in [-0.3, -0.25) is 0 Å². The van der Waals surface area contributed by atoms with Crippen LogP contribution in [0.3, 0.4) is 0 Å². The van der Waals surface area contributed by atoms with Crippen molar-refractivity contribution in [1.29, 1.82) is 0 Å². The van der Waals surface area contributed by atoms with Crippen molar-refractivity contribution < 1.29 is 0 Å². The Bertz CT molecular complexity index is 602. The maximum absolute atomic E-state index is 4.68. The number of rotatable bonds is 4. The van der Waals surface area contributed by atoms with Gasteiger partial charge in [0.2, 0.25) is 0 Å². The van der Waals surface area contributed by atoms with Gasteiger partial charge in [0.25, 0.3) is 0 Å². The van der Waals surface area contributed by atoms with Crippen LogP contribution in [-0.4, -0.2) is 16.0 Å². The van der Waals surface area contributed by atoms with Gasteiger partial charge in [-0.05, 0) is 37.5 Å². The molecule has 3 nitrogen and oxygen atoms in total. The largest absolute Gasteiger partial charge is 0.383 e. The molecule has 108 valence electrons. The highest BCUT2D eigenvalue weighted by atomic mass is 15.0. The number of aromatic nitrogens is 2. The van der Waals surface area contributed by atoms with E-state index in [4.69, 9.17) is 0 Å². The molecule has 0 bridgehead atoms. The second-order valence-electron chi connectivity index (χ2n) is 7.29. The lowest BCUT2D eigenvalue weighted by molar-refractivity contribution is 0.554. The molecular weight excluding hydrogens is 246 g/mol. The van der Waals surface area contributed by atoms with Crippen molar-refractivity contribution in [3.8, 4) is 0 Å². The van der Waals surface area contributed by atoms with E-state index in [-0.39, 0.29) is 5.41 Å². The number of benzene rings is 1. The number of hydrogen-bond acceptors (Lipinski definition) is 2. The fourth-order valence-corrected chi connectivity index (χ4v) is 2.65. The summed E-state index contributed by atoms with van der Waals surface area (Å²) in [5, 5.41) is 3.61. The summed E-state index contributed by atoms with van der Waals surface area (Å²) in [7, 11) is 0. The fraction of sp³-hybridized carbons (Fsp3) is 0.588. The van der Waals surface area contributed by atoms with Crippen molar-refractivity contribution in [1.82, 2.24) is 9.97 Å². The highest BCUT2D eigenvalue weighted by molar-refractivity contribution is 5.79. The number of fused-ring (bicyclic) bond motifs is 1. The molecule has 1 fully saturated rings. The van der Waals surface area contributed by atoms with Crippen LogP contribution >= 0.6 is 0 Å². The van der Waals surface area contributed by atoms with E-state index in [1.165, 1.54) is 24.9 Å². The van der Waals surface area contributed by atoms with E-state index in [0.29, 0.717) is 6.04 Å². The van der Waals surface area contributed by atoms with Crippen molar-refractivity contribution in [3.05, 3.63) is 24.0 Å². The number of nitrogens with one attached hydrogen (secondary N) is 2. The molecule has 3 rings (SSSR count). The molecule has 1 aromatic carbocycles. The number of imidazole rings is 1. The summed E-state index contributed by atoms with van der Waals surface area (Å²) in [6.45, 7) is 8.82. The lowest BCUT2D eigenvalue weighted by Crippen LogP contribution is -2.15. The molecule has 20 heavy (non-hydrogen) atoms. The summed E-state index contributed by atoms with van der Waals surface area (Å²) in [6, 6.07) is 6.97. The Hall–Kier alpha value is -1.51. The maximum Gasteiger partial charge on any atom is 0.112 e. The maximum atomic E-state index is 4.68.